The molecule has 1 fully saturated rings. The Labute approximate surface area is 174 Å². The number of hydrogen-bond donors (Lipinski definition) is 1. The van der Waals surface area contributed by atoms with Crippen LogP contribution in [0.25, 0.3) is 0 Å². The van der Waals surface area contributed by atoms with Crippen LogP contribution in [0, 0.1) is 0 Å². The largest absolute Gasteiger partial charge is 0.480 e. The van der Waals surface area contributed by atoms with E-state index in [1.165, 1.54) is 17.8 Å². The second-order valence-corrected chi connectivity index (χ2v) is 7.37. The zero-order valence-corrected chi connectivity index (χ0v) is 17.5. The molecule has 1 amide bonds. The summed E-state index contributed by atoms with van der Waals surface area (Å²) in [6, 6.07) is 3.45. The van der Waals surface area contributed by atoms with E-state index in [2.05, 4.69) is 43.7 Å². The van der Waals surface area contributed by atoms with Crippen LogP contribution in [0.15, 0.2) is 40.9 Å². The molecule has 2 aromatic rings. The van der Waals surface area contributed by atoms with Crippen LogP contribution in [0.3, 0.4) is 0 Å². The summed E-state index contributed by atoms with van der Waals surface area (Å²) in [5, 5.41) is 3.35. The number of aromatic nitrogens is 3. The van der Waals surface area contributed by atoms with Gasteiger partial charge in [-0.05, 0) is 25.3 Å². The highest BCUT2D eigenvalue weighted by atomic mass is 32.2. The van der Waals surface area contributed by atoms with E-state index in [0.29, 0.717) is 33.3 Å². The smallest absolute Gasteiger partial charge is 0.247 e. The maximum atomic E-state index is 11.5. The van der Waals surface area contributed by atoms with Crippen LogP contribution in [0.1, 0.15) is 0 Å². The Morgan fingerprint density at radius 2 is 1.86 bits per heavy atom. The lowest BCUT2D eigenvalue weighted by atomic mass is 10.3. The third-order valence-corrected chi connectivity index (χ3v) is 5.34. The molecule has 3 heterocycles. The Morgan fingerprint density at radius 1 is 1.21 bits per heavy atom. The van der Waals surface area contributed by atoms with Crippen molar-refractivity contribution in [3.63, 3.8) is 0 Å². The fraction of sp³-hybridized carbons (Fsp3) is 0.368. The van der Waals surface area contributed by atoms with Crippen LogP contribution >= 0.6 is 11.8 Å². The second kappa shape index (κ2) is 9.57. The normalized spacial score (nSPS) is 14.4. The van der Waals surface area contributed by atoms with Gasteiger partial charge in [-0.1, -0.05) is 18.3 Å². The summed E-state index contributed by atoms with van der Waals surface area (Å²) in [5.41, 5.74) is 0.611. The minimum Gasteiger partial charge on any atom is -0.480 e. The van der Waals surface area contributed by atoms with E-state index >= 15 is 0 Å². The fourth-order valence-corrected chi connectivity index (χ4v) is 3.69. The van der Waals surface area contributed by atoms with Crippen molar-refractivity contribution in [2.24, 2.45) is 0 Å². The molecule has 1 saturated heterocycles. The first-order valence-electron chi connectivity index (χ1n) is 9.05. The van der Waals surface area contributed by atoms with Gasteiger partial charge < -0.3 is 24.6 Å². The highest BCUT2D eigenvalue weighted by Gasteiger charge is 2.23. The maximum absolute atomic E-state index is 11.5. The summed E-state index contributed by atoms with van der Waals surface area (Å²) in [6.07, 6.45) is 2.82. The molecule has 1 N–H and O–H groups in total. The maximum Gasteiger partial charge on any atom is 0.247 e. The summed E-state index contributed by atoms with van der Waals surface area (Å²) < 4.78 is 11.1. The van der Waals surface area contributed by atoms with E-state index < -0.39 is 0 Å². The van der Waals surface area contributed by atoms with Gasteiger partial charge in [0.05, 0.1) is 14.2 Å². The third kappa shape index (κ3) is 5.15. The molecule has 29 heavy (non-hydrogen) atoms. The second-order valence-electron chi connectivity index (χ2n) is 6.34. The molecule has 10 heteroatoms. The summed E-state index contributed by atoms with van der Waals surface area (Å²) in [7, 11) is 5.22. The number of rotatable bonds is 7. The molecule has 0 aromatic carbocycles. The standard InChI is InChI=1S/C19H24N6O3S/c1-5-14(26)21-13-6-7-20-15(12-13)29-16-17(27-3)22-19(23-18(16)28-4)25-10-8-24(2)9-11-25/h5-7,12H,1,8-11H2,2-4H3,(H,20,21,26). The molecule has 1 aliphatic rings. The zero-order valence-electron chi connectivity index (χ0n) is 16.7. The van der Waals surface area contributed by atoms with Gasteiger partial charge in [0.1, 0.15) is 9.92 Å². The molecule has 154 valence electrons. The quantitative estimate of drug-likeness (QED) is 0.680. The number of nitrogens with zero attached hydrogens (tertiary/aromatic N) is 5. The predicted octanol–water partition coefficient (Wildman–Crippen LogP) is 1.92. The van der Waals surface area contributed by atoms with Crippen molar-refractivity contribution in [3.05, 3.63) is 31.0 Å². The van der Waals surface area contributed by atoms with Gasteiger partial charge in [-0.15, -0.1) is 0 Å². The van der Waals surface area contributed by atoms with Gasteiger partial charge in [-0.25, -0.2) is 4.98 Å². The first-order valence-corrected chi connectivity index (χ1v) is 9.86. The van der Waals surface area contributed by atoms with Gasteiger partial charge in [0.15, 0.2) is 0 Å². The number of hydrogen-bond acceptors (Lipinski definition) is 9. The molecule has 0 radical (unpaired) electrons. The number of pyridine rings is 1. The molecule has 0 aliphatic carbocycles. The Morgan fingerprint density at radius 3 is 2.45 bits per heavy atom. The molecule has 9 nitrogen and oxygen atoms in total. The van der Waals surface area contributed by atoms with Crippen LogP contribution in [-0.2, 0) is 4.79 Å². The van der Waals surface area contributed by atoms with Crippen molar-refractivity contribution >= 4 is 29.3 Å². The van der Waals surface area contributed by atoms with Crippen molar-refractivity contribution in [1.82, 2.24) is 19.9 Å². The number of ether oxygens (including phenoxy) is 2. The van der Waals surface area contributed by atoms with E-state index in [0.717, 1.165) is 26.2 Å². The van der Waals surface area contributed by atoms with E-state index in [1.807, 2.05) is 0 Å². The number of piperazine rings is 1. The lowest BCUT2D eigenvalue weighted by Crippen LogP contribution is -2.45. The van der Waals surface area contributed by atoms with Crippen molar-refractivity contribution < 1.29 is 14.3 Å². The van der Waals surface area contributed by atoms with Crippen molar-refractivity contribution in [2.75, 3.05) is 57.7 Å². The van der Waals surface area contributed by atoms with Crippen LogP contribution in [0.4, 0.5) is 11.6 Å². The monoisotopic (exact) mass is 416 g/mol. The number of methoxy groups -OCH3 is 2. The molecule has 1 aliphatic heterocycles. The van der Waals surface area contributed by atoms with Crippen LogP contribution in [-0.4, -0.2) is 73.2 Å². The molecule has 0 saturated carbocycles. The number of likely N-dealkylation sites (N-methyl/N-ethyl adjacent to an activating group) is 1. The van der Waals surface area contributed by atoms with E-state index in [-0.39, 0.29) is 5.91 Å². The van der Waals surface area contributed by atoms with E-state index in [4.69, 9.17) is 9.47 Å². The SMILES string of the molecule is C=CC(=O)Nc1ccnc(Sc2c(OC)nc(N3CCN(C)CC3)nc2OC)c1. The summed E-state index contributed by atoms with van der Waals surface area (Å²) >= 11 is 1.30. The van der Waals surface area contributed by atoms with Crippen molar-refractivity contribution in [1.29, 1.82) is 0 Å². The van der Waals surface area contributed by atoms with Gasteiger partial charge in [0.25, 0.3) is 0 Å². The van der Waals surface area contributed by atoms with Gasteiger partial charge in [-0.2, -0.15) is 9.97 Å². The van der Waals surface area contributed by atoms with E-state index in [9.17, 15) is 4.79 Å². The van der Waals surface area contributed by atoms with Crippen LogP contribution < -0.4 is 19.7 Å². The van der Waals surface area contributed by atoms with Gasteiger partial charge >= 0.3 is 0 Å². The zero-order chi connectivity index (χ0) is 20.8. The molecule has 2 aromatic heterocycles. The molecular weight excluding hydrogens is 392 g/mol. The molecular formula is C19H24N6O3S. The minimum absolute atomic E-state index is 0.290. The number of amides is 1. The summed E-state index contributed by atoms with van der Waals surface area (Å²) in [6.45, 7) is 7.01. The number of nitrogens with one attached hydrogen (secondary N) is 1. The van der Waals surface area contributed by atoms with E-state index in [1.54, 1.807) is 32.5 Å². The Balaban J connectivity index is 1.88. The molecule has 3 rings (SSSR count). The third-order valence-electron chi connectivity index (χ3n) is 4.36. The lowest BCUT2D eigenvalue weighted by Gasteiger charge is -2.32. The predicted molar refractivity (Wildman–Crippen MR) is 112 cm³/mol. The average Bonchev–Trinajstić information content (AvgIpc) is 2.74. The number of carbonyl (C=O) groups is 1. The molecule has 0 spiro atoms. The Kier molecular flexibility index (Phi) is 6.89. The molecule has 0 bridgehead atoms. The first kappa shape index (κ1) is 20.9. The average molecular weight is 417 g/mol. The number of anilines is 2. The molecule has 0 atom stereocenters. The van der Waals surface area contributed by atoms with Crippen LogP contribution in [0.2, 0.25) is 0 Å². The highest BCUT2D eigenvalue weighted by molar-refractivity contribution is 7.99. The van der Waals surface area contributed by atoms with Gasteiger partial charge in [0, 0.05) is 38.1 Å². The first-order chi connectivity index (χ1) is 14.0. The van der Waals surface area contributed by atoms with Crippen LogP contribution in [0.5, 0.6) is 11.8 Å². The lowest BCUT2D eigenvalue weighted by molar-refractivity contribution is -0.111. The summed E-state index contributed by atoms with van der Waals surface area (Å²) in [4.78, 5) is 30.1. The van der Waals surface area contributed by atoms with Gasteiger partial charge in [0.2, 0.25) is 23.6 Å². The van der Waals surface area contributed by atoms with Crippen molar-refractivity contribution in [2.45, 2.75) is 9.92 Å². The Bertz CT molecular complexity index is 861. The molecule has 0 unspecified atom stereocenters. The number of carbonyl (C=O) groups excluding carboxylic acids is 1. The highest BCUT2D eigenvalue weighted by Crippen LogP contribution is 2.40. The fourth-order valence-electron chi connectivity index (χ4n) is 2.75. The minimum atomic E-state index is -0.290. The Hall–Kier alpha value is -2.85. The van der Waals surface area contributed by atoms with Crippen molar-refractivity contribution in [3.8, 4) is 11.8 Å². The summed E-state index contributed by atoms with van der Waals surface area (Å²) in [5.74, 6) is 1.12. The van der Waals surface area contributed by atoms with Gasteiger partial charge in [-0.3, -0.25) is 4.79 Å². The topological polar surface area (TPSA) is 92.7 Å².